The fourth-order valence-corrected chi connectivity index (χ4v) is 2.42. The molecule has 5 nitrogen and oxygen atoms in total. The van der Waals surface area contributed by atoms with Gasteiger partial charge in [0.05, 0.1) is 12.4 Å². The summed E-state index contributed by atoms with van der Waals surface area (Å²) in [6, 6.07) is 0.777. The summed E-state index contributed by atoms with van der Waals surface area (Å²) in [5.74, 6) is -0.196. The van der Waals surface area contributed by atoms with E-state index in [0.29, 0.717) is 6.04 Å². The first kappa shape index (κ1) is 14.2. The first-order valence-corrected chi connectivity index (χ1v) is 6.96. The Balaban J connectivity index is 1.87. The number of aromatic nitrogens is 2. The molecule has 1 aromatic rings. The van der Waals surface area contributed by atoms with Crippen LogP contribution in [-0.4, -0.2) is 45.9 Å². The van der Waals surface area contributed by atoms with Crippen LogP contribution in [-0.2, 0) is 0 Å². The SMILES string of the molecule is CC(C)N1CCC(NC(=O)c2cncc(Cl)n2)CC1. The van der Waals surface area contributed by atoms with Gasteiger partial charge in [0.1, 0.15) is 10.8 Å². The Morgan fingerprint density at radius 3 is 2.68 bits per heavy atom. The summed E-state index contributed by atoms with van der Waals surface area (Å²) in [5, 5.41) is 3.23. The van der Waals surface area contributed by atoms with Crippen LogP contribution < -0.4 is 5.32 Å². The lowest BCUT2D eigenvalue weighted by Crippen LogP contribution is -2.46. The maximum Gasteiger partial charge on any atom is 0.271 e. The number of hydrogen-bond donors (Lipinski definition) is 1. The molecule has 2 rings (SSSR count). The Morgan fingerprint density at radius 1 is 1.42 bits per heavy atom. The van der Waals surface area contributed by atoms with Crippen molar-refractivity contribution in [1.82, 2.24) is 20.2 Å². The molecule has 1 aliphatic heterocycles. The van der Waals surface area contributed by atoms with Gasteiger partial charge in [-0.2, -0.15) is 0 Å². The minimum Gasteiger partial charge on any atom is -0.348 e. The topological polar surface area (TPSA) is 58.1 Å². The van der Waals surface area contributed by atoms with Crippen LogP contribution in [0.5, 0.6) is 0 Å². The summed E-state index contributed by atoms with van der Waals surface area (Å²) in [7, 11) is 0. The summed E-state index contributed by atoms with van der Waals surface area (Å²) < 4.78 is 0. The van der Waals surface area contributed by atoms with Gasteiger partial charge >= 0.3 is 0 Å². The molecule has 104 valence electrons. The number of halogens is 1. The molecule has 0 unspecified atom stereocenters. The summed E-state index contributed by atoms with van der Waals surface area (Å²) in [5.41, 5.74) is 0.277. The zero-order valence-electron chi connectivity index (χ0n) is 11.3. The molecule has 0 radical (unpaired) electrons. The molecule has 0 spiro atoms. The number of amides is 1. The lowest BCUT2D eigenvalue weighted by molar-refractivity contribution is 0.0895. The molecule has 1 aliphatic rings. The number of piperidine rings is 1. The predicted octanol–water partition coefficient (Wildman–Crippen LogP) is 1.73. The quantitative estimate of drug-likeness (QED) is 0.917. The third-order valence-corrected chi connectivity index (χ3v) is 3.61. The largest absolute Gasteiger partial charge is 0.348 e. The molecule has 19 heavy (non-hydrogen) atoms. The zero-order valence-corrected chi connectivity index (χ0v) is 12.0. The average Bonchev–Trinajstić information content (AvgIpc) is 2.39. The van der Waals surface area contributed by atoms with Crippen molar-refractivity contribution in [3.63, 3.8) is 0 Å². The average molecular weight is 283 g/mol. The van der Waals surface area contributed by atoms with Crippen LogP contribution in [0.1, 0.15) is 37.2 Å². The van der Waals surface area contributed by atoms with E-state index < -0.39 is 0 Å². The Morgan fingerprint density at radius 2 is 2.11 bits per heavy atom. The molecule has 0 aliphatic carbocycles. The highest BCUT2D eigenvalue weighted by Gasteiger charge is 2.22. The van der Waals surface area contributed by atoms with E-state index in [4.69, 9.17) is 11.6 Å². The van der Waals surface area contributed by atoms with Crippen LogP contribution in [0.25, 0.3) is 0 Å². The third kappa shape index (κ3) is 3.88. The van der Waals surface area contributed by atoms with Gasteiger partial charge in [-0.15, -0.1) is 0 Å². The van der Waals surface area contributed by atoms with Crippen molar-refractivity contribution in [2.45, 2.75) is 38.8 Å². The van der Waals surface area contributed by atoms with E-state index in [1.54, 1.807) is 0 Å². The smallest absolute Gasteiger partial charge is 0.271 e. The Labute approximate surface area is 118 Å². The lowest BCUT2D eigenvalue weighted by atomic mass is 10.0. The number of likely N-dealkylation sites (tertiary alicyclic amines) is 1. The van der Waals surface area contributed by atoms with Gasteiger partial charge in [-0.3, -0.25) is 9.78 Å². The van der Waals surface area contributed by atoms with Crippen molar-refractivity contribution in [3.05, 3.63) is 23.2 Å². The predicted molar refractivity (Wildman–Crippen MR) is 74.2 cm³/mol. The summed E-state index contributed by atoms with van der Waals surface area (Å²) in [4.78, 5) is 22.2. The van der Waals surface area contributed by atoms with Crippen molar-refractivity contribution in [2.75, 3.05) is 13.1 Å². The highest BCUT2D eigenvalue weighted by Crippen LogP contribution is 2.13. The fourth-order valence-electron chi connectivity index (χ4n) is 2.27. The van der Waals surface area contributed by atoms with Crippen molar-refractivity contribution >= 4 is 17.5 Å². The van der Waals surface area contributed by atoms with Gasteiger partial charge in [0.15, 0.2) is 0 Å². The van der Waals surface area contributed by atoms with Gasteiger partial charge in [0.2, 0.25) is 0 Å². The van der Waals surface area contributed by atoms with Gasteiger partial charge in [-0.25, -0.2) is 4.98 Å². The molecular weight excluding hydrogens is 264 g/mol. The number of rotatable bonds is 3. The van der Waals surface area contributed by atoms with Gasteiger partial charge < -0.3 is 10.2 Å². The summed E-state index contributed by atoms with van der Waals surface area (Å²) in [6.45, 7) is 6.43. The Bertz CT molecular complexity index is 444. The lowest BCUT2D eigenvalue weighted by Gasteiger charge is -2.34. The number of nitrogens with zero attached hydrogens (tertiary/aromatic N) is 3. The van der Waals surface area contributed by atoms with Crippen molar-refractivity contribution in [2.24, 2.45) is 0 Å². The highest BCUT2D eigenvalue weighted by atomic mass is 35.5. The fraction of sp³-hybridized carbons (Fsp3) is 0.615. The number of hydrogen-bond acceptors (Lipinski definition) is 4. The molecule has 0 bridgehead atoms. The molecule has 1 amide bonds. The van der Waals surface area contributed by atoms with E-state index in [1.807, 2.05) is 0 Å². The Hall–Kier alpha value is -1.20. The molecule has 0 aromatic carbocycles. The molecule has 1 N–H and O–H groups in total. The third-order valence-electron chi connectivity index (χ3n) is 3.43. The molecule has 6 heteroatoms. The number of carbonyl (C=O) groups excluding carboxylic acids is 1. The van der Waals surface area contributed by atoms with Crippen LogP contribution in [0, 0.1) is 0 Å². The zero-order chi connectivity index (χ0) is 13.8. The van der Waals surface area contributed by atoms with E-state index in [2.05, 4.69) is 34.0 Å². The Kier molecular flexibility index (Phi) is 4.71. The van der Waals surface area contributed by atoms with Gasteiger partial charge in [0, 0.05) is 25.2 Å². The van der Waals surface area contributed by atoms with Crippen LogP contribution in [0.15, 0.2) is 12.4 Å². The van der Waals surface area contributed by atoms with Crippen molar-refractivity contribution < 1.29 is 4.79 Å². The summed E-state index contributed by atoms with van der Waals surface area (Å²) >= 11 is 5.73. The van der Waals surface area contributed by atoms with Crippen molar-refractivity contribution in [3.8, 4) is 0 Å². The van der Waals surface area contributed by atoms with Crippen LogP contribution in [0.2, 0.25) is 5.15 Å². The highest BCUT2D eigenvalue weighted by molar-refractivity contribution is 6.29. The first-order valence-electron chi connectivity index (χ1n) is 6.58. The van der Waals surface area contributed by atoms with E-state index in [-0.39, 0.29) is 22.8 Å². The monoisotopic (exact) mass is 282 g/mol. The van der Waals surface area contributed by atoms with E-state index >= 15 is 0 Å². The molecule has 1 fully saturated rings. The standard InChI is InChI=1S/C13H19ClN4O/c1-9(2)18-5-3-10(4-6-18)16-13(19)11-7-15-8-12(14)17-11/h7-10H,3-6H2,1-2H3,(H,16,19). The maximum atomic E-state index is 12.0. The maximum absolute atomic E-state index is 12.0. The van der Waals surface area contributed by atoms with Gasteiger partial charge in [-0.1, -0.05) is 11.6 Å². The molecular formula is C13H19ClN4O. The number of nitrogens with one attached hydrogen (secondary N) is 1. The molecule has 1 saturated heterocycles. The normalized spacial score (nSPS) is 17.7. The second-order valence-corrected chi connectivity index (χ2v) is 5.49. The minimum absolute atomic E-state index is 0.196. The molecule has 0 saturated carbocycles. The van der Waals surface area contributed by atoms with Crippen LogP contribution >= 0.6 is 11.6 Å². The number of carbonyl (C=O) groups is 1. The second kappa shape index (κ2) is 6.30. The van der Waals surface area contributed by atoms with Gasteiger partial charge in [-0.05, 0) is 26.7 Å². The first-order chi connectivity index (χ1) is 9.06. The van der Waals surface area contributed by atoms with E-state index in [0.717, 1.165) is 25.9 Å². The van der Waals surface area contributed by atoms with Crippen LogP contribution in [0.4, 0.5) is 0 Å². The van der Waals surface area contributed by atoms with E-state index in [1.165, 1.54) is 12.4 Å². The van der Waals surface area contributed by atoms with Crippen LogP contribution in [0.3, 0.4) is 0 Å². The van der Waals surface area contributed by atoms with Gasteiger partial charge in [0.25, 0.3) is 5.91 Å². The molecule has 1 aromatic heterocycles. The van der Waals surface area contributed by atoms with E-state index in [9.17, 15) is 4.79 Å². The minimum atomic E-state index is -0.196. The molecule has 0 atom stereocenters. The molecule has 2 heterocycles. The second-order valence-electron chi connectivity index (χ2n) is 5.10. The van der Waals surface area contributed by atoms with Crippen molar-refractivity contribution in [1.29, 1.82) is 0 Å². The summed E-state index contributed by atoms with van der Waals surface area (Å²) in [6.07, 6.45) is 4.79.